The van der Waals surface area contributed by atoms with Gasteiger partial charge in [0, 0.05) is 31.1 Å². The second-order valence-electron chi connectivity index (χ2n) is 4.27. The predicted octanol–water partition coefficient (Wildman–Crippen LogP) is 2.94. The molecule has 0 amide bonds. The third kappa shape index (κ3) is 4.30. The standard InChI is InChI=1S/C15H20N2O2S/c1-3-19-14-6-4-5-12(9-14)15-17-13(11-20-15)10-16-7-8-18-2/h4-6,9,11,16H,3,7-8,10H2,1-2H3. The van der Waals surface area contributed by atoms with Crippen LogP contribution in [0.2, 0.25) is 0 Å². The van der Waals surface area contributed by atoms with E-state index in [1.165, 1.54) is 0 Å². The van der Waals surface area contributed by atoms with Gasteiger partial charge in [-0.25, -0.2) is 4.98 Å². The Kier molecular flexibility index (Phi) is 5.98. The second kappa shape index (κ2) is 7.99. The lowest BCUT2D eigenvalue weighted by Gasteiger charge is -2.04. The molecule has 0 saturated heterocycles. The fourth-order valence-corrected chi connectivity index (χ4v) is 2.61. The number of nitrogens with zero attached hydrogens (tertiary/aromatic N) is 1. The Hall–Kier alpha value is -1.43. The maximum absolute atomic E-state index is 5.52. The summed E-state index contributed by atoms with van der Waals surface area (Å²) in [5, 5.41) is 6.40. The third-order valence-corrected chi connectivity index (χ3v) is 3.67. The monoisotopic (exact) mass is 292 g/mol. The number of rotatable bonds is 8. The van der Waals surface area contributed by atoms with Crippen molar-refractivity contribution in [2.24, 2.45) is 0 Å². The summed E-state index contributed by atoms with van der Waals surface area (Å²) in [5.74, 6) is 0.889. The Morgan fingerprint density at radius 3 is 3.05 bits per heavy atom. The van der Waals surface area contributed by atoms with Crippen LogP contribution in [0.25, 0.3) is 10.6 Å². The molecule has 2 rings (SSSR count). The smallest absolute Gasteiger partial charge is 0.123 e. The molecule has 0 fully saturated rings. The Labute approximate surface area is 123 Å². The molecule has 1 aromatic carbocycles. The van der Waals surface area contributed by atoms with Crippen molar-refractivity contribution in [1.82, 2.24) is 10.3 Å². The minimum atomic E-state index is 0.677. The fraction of sp³-hybridized carbons (Fsp3) is 0.400. The van der Waals surface area contributed by atoms with Crippen molar-refractivity contribution < 1.29 is 9.47 Å². The van der Waals surface area contributed by atoms with Gasteiger partial charge in [0.2, 0.25) is 0 Å². The van der Waals surface area contributed by atoms with Gasteiger partial charge in [-0.15, -0.1) is 11.3 Å². The molecule has 20 heavy (non-hydrogen) atoms. The highest BCUT2D eigenvalue weighted by Gasteiger charge is 2.05. The number of thiazole rings is 1. The quantitative estimate of drug-likeness (QED) is 0.760. The average Bonchev–Trinajstić information content (AvgIpc) is 2.93. The zero-order chi connectivity index (χ0) is 14.2. The van der Waals surface area contributed by atoms with Crippen LogP contribution in [-0.2, 0) is 11.3 Å². The Bertz CT molecular complexity index is 528. The van der Waals surface area contributed by atoms with E-state index >= 15 is 0 Å². The number of methoxy groups -OCH3 is 1. The van der Waals surface area contributed by atoms with E-state index in [9.17, 15) is 0 Å². The zero-order valence-electron chi connectivity index (χ0n) is 11.9. The summed E-state index contributed by atoms with van der Waals surface area (Å²) >= 11 is 1.66. The van der Waals surface area contributed by atoms with Crippen molar-refractivity contribution in [3.63, 3.8) is 0 Å². The number of hydrogen-bond acceptors (Lipinski definition) is 5. The molecule has 0 aliphatic carbocycles. The molecule has 4 nitrogen and oxygen atoms in total. The summed E-state index contributed by atoms with van der Waals surface area (Å²) in [7, 11) is 1.70. The van der Waals surface area contributed by atoms with E-state index < -0.39 is 0 Å². The molecule has 1 heterocycles. The highest BCUT2D eigenvalue weighted by Crippen LogP contribution is 2.26. The molecule has 0 unspecified atom stereocenters. The largest absolute Gasteiger partial charge is 0.494 e. The minimum Gasteiger partial charge on any atom is -0.494 e. The SMILES string of the molecule is CCOc1cccc(-c2nc(CNCCOC)cs2)c1. The van der Waals surface area contributed by atoms with Crippen molar-refractivity contribution in [3.8, 4) is 16.3 Å². The normalized spacial score (nSPS) is 10.7. The molecule has 0 aliphatic heterocycles. The first kappa shape index (κ1) is 15.0. The van der Waals surface area contributed by atoms with Crippen molar-refractivity contribution >= 4 is 11.3 Å². The van der Waals surface area contributed by atoms with Gasteiger partial charge < -0.3 is 14.8 Å². The Morgan fingerprint density at radius 1 is 1.35 bits per heavy atom. The van der Waals surface area contributed by atoms with Gasteiger partial charge in [0.25, 0.3) is 0 Å². The van der Waals surface area contributed by atoms with Crippen LogP contribution in [0.3, 0.4) is 0 Å². The molecule has 0 bridgehead atoms. The number of benzene rings is 1. The summed E-state index contributed by atoms with van der Waals surface area (Å²) in [6, 6.07) is 8.06. The molecule has 0 aliphatic rings. The molecule has 108 valence electrons. The summed E-state index contributed by atoms with van der Waals surface area (Å²) < 4.78 is 10.5. The molecule has 0 saturated carbocycles. The Morgan fingerprint density at radius 2 is 2.25 bits per heavy atom. The first-order valence-electron chi connectivity index (χ1n) is 6.70. The highest BCUT2D eigenvalue weighted by molar-refractivity contribution is 7.13. The highest BCUT2D eigenvalue weighted by atomic mass is 32.1. The summed E-state index contributed by atoms with van der Waals surface area (Å²) in [6.07, 6.45) is 0. The summed E-state index contributed by atoms with van der Waals surface area (Å²) in [6.45, 7) is 4.98. The van der Waals surface area contributed by atoms with Crippen molar-refractivity contribution in [3.05, 3.63) is 35.3 Å². The molecule has 0 radical (unpaired) electrons. The van der Waals surface area contributed by atoms with Crippen molar-refractivity contribution in [2.75, 3.05) is 26.9 Å². The first-order chi connectivity index (χ1) is 9.83. The number of nitrogens with one attached hydrogen (secondary N) is 1. The van der Waals surface area contributed by atoms with Gasteiger partial charge in [-0.05, 0) is 19.1 Å². The third-order valence-electron chi connectivity index (χ3n) is 2.73. The lowest BCUT2D eigenvalue weighted by Crippen LogP contribution is -2.18. The van der Waals surface area contributed by atoms with E-state index in [1.54, 1.807) is 18.4 Å². The van der Waals surface area contributed by atoms with E-state index in [0.717, 1.165) is 35.1 Å². The van der Waals surface area contributed by atoms with Crippen LogP contribution in [0.15, 0.2) is 29.6 Å². The van der Waals surface area contributed by atoms with E-state index in [2.05, 4.69) is 21.7 Å². The van der Waals surface area contributed by atoms with Gasteiger partial charge in [-0.2, -0.15) is 0 Å². The lowest BCUT2D eigenvalue weighted by molar-refractivity contribution is 0.199. The molecule has 5 heteroatoms. The summed E-state index contributed by atoms with van der Waals surface area (Å²) in [4.78, 5) is 4.64. The van der Waals surface area contributed by atoms with Crippen LogP contribution < -0.4 is 10.1 Å². The fourth-order valence-electron chi connectivity index (χ4n) is 1.80. The van der Waals surface area contributed by atoms with E-state index in [1.807, 2.05) is 25.1 Å². The van der Waals surface area contributed by atoms with Crippen molar-refractivity contribution in [1.29, 1.82) is 0 Å². The van der Waals surface area contributed by atoms with Crippen LogP contribution in [-0.4, -0.2) is 31.9 Å². The molecule has 0 atom stereocenters. The number of ether oxygens (including phenoxy) is 2. The Balaban J connectivity index is 1.99. The van der Waals surface area contributed by atoms with E-state index in [-0.39, 0.29) is 0 Å². The lowest BCUT2D eigenvalue weighted by atomic mass is 10.2. The minimum absolute atomic E-state index is 0.677. The van der Waals surface area contributed by atoms with E-state index in [0.29, 0.717) is 13.2 Å². The number of hydrogen-bond donors (Lipinski definition) is 1. The molecule has 1 N–H and O–H groups in total. The van der Waals surface area contributed by atoms with Gasteiger partial charge >= 0.3 is 0 Å². The van der Waals surface area contributed by atoms with Crippen LogP contribution >= 0.6 is 11.3 Å². The maximum atomic E-state index is 5.52. The predicted molar refractivity (Wildman–Crippen MR) is 82.3 cm³/mol. The molecule has 2 aromatic rings. The molecule has 0 spiro atoms. The van der Waals surface area contributed by atoms with Gasteiger partial charge in [0.15, 0.2) is 0 Å². The second-order valence-corrected chi connectivity index (χ2v) is 5.13. The summed E-state index contributed by atoms with van der Waals surface area (Å²) in [5.41, 5.74) is 2.16. The first-order valence-corrected chi connectivity index (χ1v) is 7.58. The van der Waals surface area contributed by atoms with Crippen molar-refractivity contribution in [2.45, 2.75) is 13.5 Å². The van der Waals surface area contributed by atoms with Crippen LogP contribution in [0.1, 0.15) is 12.6 Å². The zero-order valence-corrected chi connectivity index (χ0v) is 12.7. The van der Waals surface area contributed by atoms with Crippen LogP contribution in [0, 0.1) is 0 Å². The van der Waals surface area contributed by atoms with Crippen LogP contribution in [0.5, 0.6) is 5.75 Å². The maximum Gasteiger partial charge on any atom is 0.123 e. The molecule has 1 aromatic heterocycles. The molecular formula is C15H20N2O2S. The van der Waals surface area contributed by atoms with Gasteiger partial charge in [-0.3, -0.25) is 0 Å². The van der Waals surface area contributed by atoms with Crippen LogP contribution in [0.4, 0.5) is 0 Å². The van der Waals surface area contributed by atoms with Gasteiger partial charge in [0.05, 0.1) is 18.9 Å². The molecular weight excluding hydrogens is 272 g/mol. The average molecular weight is 292 g/mol. The van der Waals surface area contributed by atoms with E-state index in [4.69, 9.17) is 9.47 Å². The van der Waals surface area contributed by atoms with Gasteiger partial charge in [-0.1, -0.05) is 12.1 Å². The topological polar surface area (TPSA) is 43.4 Å². The van der Waals surface area contributed by atoms with Gasteiger partial charge in [0.1, 0.15) is 10.8 Å². The number of aromatic nitrogens is 1.